The molecule has 0 radical (unpaired) electrons. The average Bonchev–Trinajstić information content (AvgIpc) is 2.63. The average molecular weight is 404 g/mol. The van der Waals surface area contributed by atoms with Crippen LogP contribution in [0.1, 0.15) is 15.9 Å². The summed E-state index contributed by atoms with van der Waals surface area (Å²) in [6.45, 7) is 1.82. The van der Waals surface area contributed by atoms with Crippen molar-refractivity contribution in [2.45, 2.75) is 6.18 Å². The number of halogens is 5. The van der Waals surface area contributed by atoms with Crippen LogP contribution in [0.5, 0.6) is 0 Å². The van der Waals surface area contributed by atoms with Gasteiger partial charge in [-0.3, -0.25) is 4.79 Å². The van der Waals surface area contributed by atoms with Crippen LogP contribution in [-0.2, 0) is 6.18 Å². The summed E-state index contributed by atoms with van der Waals surface area (Å²) in [6, 6.07) is 7.06. The summed E-state index contributed by atoms with van der Waals surface area (Å²) >= 11 is 11.8. The van der Waals surface area contributed by atoms with E-state index in [9.17, 15) is 18.0 Å². The van der Waals surface area contributed by atoms with E-state index >= 15 is 0 Å². The minimum atomic E-state index is -4.41. The highest BCUT2D eigenvalue weighted by Crippen LogP contribution is 2.29. The topological polar surface area (TPSA) is 36.4 Å². The largest absolute Gasteiger partial charge is 0.417 e. The fourth-order valence-electron chi connectivity index (χ4n) is 2.69. The Morgan fingerprint density at radius 3 is 2.23 bits per heavy atom. The molecule has 0 unspecified atom stereocenters. The number of nitrogens with zero attached hydrogens (tertiary/aromatic N) is 3. The molecule has 1 aromatic heterocycles. The van der Waals surface area contributed by atoms with Crippen molar-refractivity contribution in [3.8, 4) is 0 Å². The van der Waals surface area contributed by atoms with E-state index in [0.29, 0.717) is 47.6 Å². The zero-order valence-electron chi connectivity index (χ0n) is 13.4. The first-order chi connectivity index (χ1) is 12.3. The monoisotopic (exact) mass is 403 g/mol. The number of anilines is 1. The predicted molar refractivity (Wildman–Crippen MR) is 93.8 cm³/mol. The van der Waals surface area contributed by atoms with Gasteiger partial charge in [0.1, 0.15) is 5.82 Å². The third-order valence-corrected chi connectivity index (χ3v) is 4.87. The molecule has 0 N–H and O–H groups in total. The van der Waals surface area contributed by atoms with Crippen LogP contribution in [0.25, 0.3) is 0 Å². The Morgan fingerprint density at radius 2 is 1.69 bits per heavy atom. The van der Waals surface area contributed by atoms with Crippen LogP contribution in [0.15, 0.2) is 36.5 Å². The second kappa shape index (κ2) is 7.32. The fourth-order valence-corrected chi connectivity index (χ4v) is 2.99. The van der Waals surface area contributed by atoms with Crippen LogP contribution < -0.4 is 4.90 Å². The molecule has 2 heterocycles. The van der Waals surface area contributed by atoms with E-state index in [1.165, 1.54) is 12.1 Å². The second-order valence-corrected chi connectivity index (χ2v) is 6.63. The standard InChI is InChI=1S/C17H14Cl2F3N3O/c18-13-3-1-11(9-14(13)19)16(26)25-7-5-24(6-8-25)15-4-2-12(10-23-15)17(20,21)22/h1-4,9-10H,5-8H2. The lowest BCUT2D eigenvalue weighted by Gasteiger charge is -2.35. The molecule has 0 atom stereocenters. The van der Waals surface area contributed by atoms with Gasteiger partial charge in [0.25, 0.3) is 5.91 Å². The minimum Gasteiger partial charge on any atom is -0.353 e. The number of carbonyl (C=O) groups is 1. The van der Waals surface area contributed by atoms with Gasteiger partial charge in [0, 0.05) is 37.9 Å². The lowest BCUT2D eigenvalue weighted by molar-refractivity contribution is -0.137. The van der Waals surface area contributed by atoms with E-state index in [0.717, 1.165) is 12.3 Å². The Labute approximate surface area is 158 Å². The Hall–Kier alpha value is -1.99. The number of carbonyl (C=O) groups excluding carboxylic acids is 1. The molecular formula is C17H14Cl2F3N3O. The molecule has 1 aromatic carbocycles. The molecule has 1 aliphatic rings. The number of pyridine rings is 1. The van der Waals surface area contributed by atoms with E-state index in [4.69, 9.17) is 23.2 Å². The summed E-state index contributed by atoms with van der Waals surface area (Å²) in [5.74, 6) is 0.295. The number of aromatic nitrogens is 1. The maximum absolute atomic E-state index is 12.6. The molecule has 1 saturated heterocycles. The highest BCUT2D eigenvalue weighted by atomic mass is 35.5. The van der Waals surface area contributed by atoms with E-state index in [-0.39, 0.29) is 5.91 Å². The maximum Gasteiger partial charge on any atom is 0.417 e. The SMILES string of the molecule is O=C(c1ccc(Cl)c(Cl)c1)N1CCN(c2ccc(C(F)(F)F)cn2)CC1. The number of hydrogen-bond acceptors (Lipinski definition) is 3. The maximum atomic E-state index is 12.6. The first kappa shape index (κ1) is 18.8. The number of rotatable bonds is 2. The molecule has 1 aliphatic heterocycles. The molecule has 0 spiro atoms. The Morgan fingerprint density at radius 1 is 1.00 bits per heavy atom. The highest BCUT2D eigenvalue weighted by molar-refractivity contribution is 6.42. The first-order valence-electron chi connectivity index (χ1n) is 7.78. The minimum absolute atomic E-state index is 0.163. The normalized spacial score (nSPS) is 15.3. The number of amides is 1. The number of benzene rings is 1. The zero-order chi connectivity index (χ0) is 18.9. The van der Waals surface area contributed by atoms with Crippen molar-refractivity contribution in [1.29, 1.82) is 0 Å². The molecule has 26 heavy (non-hydrogen) atoms. The van der Waals surface area contributed by atoms with Crippen molar-refractivity contribution in [2.75, 3.05) is 31.1 Å². The fraction of sp³-hybridized carbons (Fsp3) is 0.294. The number of hydrogen-bond donors (Lipinski definition) is 0. The van der Waals surface area contributed by atoms with Crippen LogP contribution >= 0.6 is 23.2 Å². The van der Waals surface area contributed by atoms with Gasteiger partial charge in [-0.15, -0.1) is 0 Å². The van der Waals surface area contributed by atoms with E-state index < -0.39 is 11.7 Å². The van der Waals surface area contributed by atoms with Gasteiger partial charge in [0.05, 0.1) is 15.6 Å². The van der Waals surface area contributed by atoms with Gasteiger partial charge >= 0.3 is 6.18 Å². The molecule has 0 saturated carbocycles. The van der Waals surface area contributed by atoms with E-state index in [1.54, 1.807) is 17.0 Å². The Balaban J connectivity index is 1.63. The van der Waals surface area contributed by atoms with Crippen LogP contribution in [0.2, 0.25) is 10.0 Å². The van der Waals surface area contributed by atoms with Gasteiger partial charge in [-0.2, -0.15) is 13.2 Å². The van der Waals surface area contributed by atoms with Crippen LogP contribution in [0.4, 0.5) is 19.0 Å². The van der Waals surface area contributed by atoms with Gasteiger partial charge < -0.3 is 9.80 Å². The van der Waals surface area contributed by atoms with Crippen molar-refractivity contribution in [2.24, 2.45) is 0 Å². The van der Waals surface area contributed by atoms with Gasteiger partial charge in [-0.05, 0) is 30.3 Å². The van der Waals surface area contributed by atoms with Crippen molar-refractivity contribution < 1.29 is 18.0 Å². The van der Waals surface area contributed by atoms with Crippen LogP contribution in [-0.4, -0.2) is 42.0 Å². The molecular weight excluding hydrogens is 390 g/mol. The Kier molecular flexibility index (Phi) is 5.29. The van der Waals surface area contributed by atoms with Gasteiger partial charge in [-0.25, -0.2) is 4.98 Å². The predicted octanol–water partition coefficient (Wildman–Crippen LogP) is 4.37. The van der Waals surface area contributed by atoms with E-state index in [2.05, 4.69) is 4.98 Å². The van der Waals surface area contributed by atoms with Crippen molar-refractivity contribution >= 4 is 34.9 Å². The second-order valence-electron chi connectivity index (χ2n) is 5.81. The Bertz CT molecular complexity index is 804. The summed E-state index contributed by atoms with van der Waals surface area (Å²) in [4.78, 5) is 19.9. The number of alkyl halides is 3. The van der Waals surface area contributed by atoms with E-state index in [1.807, 2.05) is 4.90 Å². The molecule has 1 fully saturated rings. The molecule has 1 amide bonds. The summed E-state index contributed by atoms with van der Waals surface area (Å²) in [6.07, 6.45) is -3.58. The quantitative estimate of drug-likeness (QED) is 0.746. The smallest absolute Gasteiger partial charge is 0.353 e. The molecule has 9 heteroatoms. The third-order valence-electron chi connectivity index (χ3n) is 4.13. The van der Waals surface area contributed by atoms with Crippen LogP contribution in [0.3, 0.4) is 0 Å². The highest BCUT2D eigenvalue weighted by Gasteiger charge is 2.31. The third kappa shape index (κ3) is 4.04. The zero-order valence-corrected chi connectivity index (χ0v) is 14.9. The van der Waals surface area contributed by atoms with Gasteiger partial charge in [0.2, 0.25) is 0 Å². The molecule has 4 nitrogen and oxygen atoms in total. The lowest BCUT2D eigenvalue weighted by atomic mass is 10.2. The molecule has 3 rings (SSSR count). The van der Waals surface area contributed by atoms with Crippen molar-refractivity contribution in [1.82, 2.24) is 9.88 Å². The molecule has 138 valence electrons. The molecule has 2 aromatic rings. The summed E-state index contributed by atoms with van der Waals surface area (Å²) in [7, 11) is 0. The summed E-state index contributed by atoms with van der Waals surface area (Å²) < 4.78 is 37.8. The summed E-state index contributed by atoms with van der Waals surface area (Å²) in [5, 5.41) is 0.687. The van der Waals surface area contributed by atoms with Gasteiger partial charge in [0.15, 0.2) is 0 Å². The van der Waals surface area contributed by atoms with Crippen molar-refractivity contribution in [3.05, 3.63) is 57.7 Å². The molecule has 0 aliphatic carbocycles. The van der Waals surface area contributed by atoms with Crippen LogP contribution in [0, 0.1) is 0 Å². The lowest BCUT2D eigenvalue weighted by Crippen LogP contribution is -2.49. The first-order valence-corrected chi connectivity index (χ1v) is 8.54. The van der Waals surface area contributed by atoms with Crippen molar-refractivity contribution in [3.63, 3.8) is 0 Å². The number of piperazine rings is 1. The van der Waals surface area contributed by atoms with Gasteiger partial charge in [-0.1, -0.05) is 23.2 Å². The summed E-state index contributed by atoms with van der Waals surface area (Å²) in [5.41, 5.74) is -0.338. The molecule has 0 bridgehead atoms.